The number of benzene rings is 1. The summed E-state index contributed by atoms with van der Waals surface area (Å²) in [4.78, 5) is 22.2. The maximum absolute atomic E-state index is 12.6. The summed E-state index contributed by atoms with van der Waals surface area (Å²) in [6.45, 7) is 12.8. The van der Waals surface area contributed by atoms with E-state index in [1.54, 1.807) is 11.3 Å². The van der Waals surface area contributed by atoms with Crippen LogP contribution in [0.3, 0.4) is 0 Å². The zero-order chi connectivity index (χ0) is 17.6. The van der Waals surface area contributed by atoms with E-state index < -0.39 is 0 Å². The third-order valence-corrected chi connectivity index (χ3v) is 5.34. The van der Waals surface area contributed by atoms with Crippen LogP contribution in [0.4, 0.5) is 0 Å². The lowest BCUT2D eigenvalue weighted by Crippen LogP contribution is -2.12. The largest absolute Gasteiger partial charge is 0.310 e. The summed E-state index contributed by atoms with van der Waals surface area (Å²) in [5, 5.41) is 0.713. The second-order valence-electron chi connectivity index (χ2n) is 7.65. The van der Waals surface area contributed by atoms with E-state index in [-0.39, 0.29) is 16.9 Å². The monoisotopic (exact) mass is 340 g/mol. The van der Waals surface area contributed by atoms with Crippen LogP contribution in [-0.4, -0.2) is 9.97 Å². The lowest BCUT2D eigenvalue weighted by molar-refractivity contribution is 0.590. The summed E-state index contributed by atoms with van der Waals surface area (Å²) in [7, 11) is 0. The smallest absolute Gasteiger partial charge is 0.260 e. The van der Waals surface area contributed by atoms with E-state index in [1.165, 1.54) is 5.56 Å². The summed E-state index contributed by atoms with van der Waals surface area (Å²) < 4.78 is 0. The van der Waals surface area contributed by atoms with Gasteiger partial charge in [0.15, 0.2) is 0 Å². The minimum atomic E-state index is -0.0389. The van der Waals surface area contributed by atoms with Crippen molar-refractivity contribution in [2.75, 3.05) is 0 Å². The molecule has 0 aliphatic carbocycles. The predicted octanol–water partition coefficient (Wildman–Crippen LogP) is 5.38. The Balaban J connectivity index is 2.20. The number of aromatic nitrogens is 2. The molecule has 3 nitrogen and oxygen atoms in total. The van der Waals surface area contributed by atoms with Crippen molar-refractivity contribution in [2.24, 2.45) is 0 Å². The number of hydrogen-bond acceptors (Lipinski definition) is 3. The van der Waals surface area contributed by atoms with Crippen LogP contribution in [0, 0.1) is 6.92 Å². The first-order valence-electron chi connectivity index (χ1n) is 8.32. The summed E-state index contributed by atoms with van der Waals surface area (Å²) in [5.41, 5.74) is 3.46. The second kappa shape index (κ2) is 5.85. The molecule has 0 spiro atoms. The zero-order valence-corrected chi connectivity index (χ0v) is 16.0. The molecule has 0 amide bonds. The summed E-state index contributed by atoms with van der Waals surface area (Å²) in [5.74, 6) is 0.961. The van der Waals surface area contributed by atoms with Crippen molar-refractivity contribution in [2.45, 2.75) is 52.9 Å². The summed E-state index contributed by atoms with van der Waals surface area (Å²) in [6, 6.07) is 8.54. The van der Waals surface area contributed by atoms with E-state index in [0.717, 1.165) is 26.7 Å². The molecule has 24 heavy (non-hydrogen) atoms. The van der Waals surface area contributed by atoms with Crippen molar-refractivity contribution in [1.29, 1.82) is 0 Å². The van der Waals surface area contributed by atoms with E-state index in [0.29, 0.717) is 5.39 Å². The first-order valence-corrected chi connectivity index (χ1v) is 9.14. The molecule has 0 aliphatic heterocycles. The molecule has 2 heterocycles. The normalized spacial score (nSPS) is 12.3. The fourth-order valence-electron chi connectivity index (χ4n) is 2.89. The number of nitrogens with one attached hydrogen (secondary N) is 1. The SMILES string of the molecule is Cc1sc2nc(C(C)C)[nH]c(=O)c2c1-c1ccc(C(C)(C)C)cc1. The van der Waals surface area contributed by atoms with Gasteiger partial charge in [0.1, 0.15) is 10.7 Å². The maximum Gasteiger partial charge on any atom is 0.260 e. The van der Waals surface area contributed by atoms with E-state index in [9.17, 15) is 4.79 Å². The molecule has 0 unspecified atom stereocenters. The topological polar surface area (TPSA) is 45.8 Å². The van der Waals surface area contributed by atoms with Crippen molar-refractivity contribution in [1.82, 2.24) is 9.97 Å². The van der Waals surface area contributed by atoms with Gasteiger partial charge in [-0.3, -0.25) is 4.79 Å². The lowest BCUT2D eigenvalue weighted by atomic mass is 9.86. The van der Waals surface area contributed by atoms with Crippen LogP contribution < -0.4 is 5.56 Å². The maximum atomic E-state index is 12.6. The quantitative estimate of drug-likeness (QED) is 0.680. The van der Waals surface area contributed by atoms with Gasteiger partial charge in [-0.1, -0.05) is 58.9 Å². The van der Waals surface area contributed by atoms with Crippen LogP contribution in [-0.2, 0) is 5.41 Å². The van der Waals surface area contributed by atoms with Crippen LogP contribution in [0.15, 0.2) is 29.1 Å². The van der Waals surface area contributed by atoms with Gasteiger partial charge in [0.05, 0.1) is 5.39 Å². The number of aryl methyl sites for hydroxylation is 1. The molecule has 4 heteroatoms. The Labute approximate surface area is 146 Å². The number of hydrogen-bond donors (Lipinski definition) is 1. The summed E-state index contributed by atoms with van der Waals surface area (Å²) >= 11 is 1.60. The van der Waals surface area contributed by atoms with Crippen LogP contribution in [0.25, 0.3) is 21.3 Å². The number of aromatic amines is 1. The highest BCUT2D eigenvalue weighted by Crippen LogP contribution is 2.36. The van der Waals surface area contributed by atoms with Gasteiger partial charge >= 0.3 is 0 Å². The van der Waals surface area contributed by atoms with Gasteiger partial charge in [-0.05, 0) is 23.5 Å². The van der Waals surface area contributed by atoms with Gasteiger partial charge in [-0.15, -0.1) is 11.3 Å². The molecule has 1 aromatic carbocycles. The van der Waals surface area contributed by atoms with Crippen molar-refractivity contribution in [3.63, 3.8) is 0 Å². The lowest BCUT2D eigenvalue weighted by Gasteiger charge is -2.19. The van der Waals surface area contributed by atoms with Gasteiger partial charge in [0, 0.05) is 16.4 Å². The number of thiophene rings is 1. The van der Waals surface area contributed by atoms with E-state index in [4.69, 9.17) is 0 Å². The molecule has 2 aromatic heterocycles. The Morgan fingerprint density at radius 2 is 1.75 bits per heavy atom. The van der Waals surface area contributed by atoms with Crippen LogP contribution >= 0.6 is 11.3 Å². The van der Waals surface area contributed by atoms with Crippen molar-refractivity contribution >= 4 is 21.6 Å². The van der Waals surface area contributed by atoms with Gasteiger partial charge in [-0.2, -0.15) is 0 Å². The summed E-state index contributed by atoms with van der Waals surface area (Å²) in [6.07, 6.45) is 0. The van der Waals surface area contributed by atoms with Crippen molar-refractivity contribution in [3.05, 3.63) is 50.9 Å². The molecule has 126 valence electrons. The Morgan fingerprint density at radius 3 is 2.29 bits per heavy atom. The Morgan fingerprint density at radius 1 is 1.12 bits per heavy atom. The third kappa shape index (κ3) is 2.91. The van der Waals surface area contributed by atoms with Crippen molar-refractivity contribution in [3.8, 4) is 11.1 Å². The van der Waals surface area contributed by atoms with E-state index >= 15 is 0 Å². The molecule has 3 aromatic rings. The van der Waals surface area contributed by atoms with Gasteiger partial charge in [-0.25, -0.2) is 4.98 Å². The first kappa shape index (κ1) is 16.9. The molecule has 0 aliphatic rings. The van der Waals surface area contributed by atoms with Crippen LogP contribution in [0.2, 0.25) is 0 Å². The molecule has 0 saturated carbocycles. The molecular weight excluding hydrogens is 316 g/mol. The minimum Gasteiger partial charge on any atom is -0.310 e. The number of H-pyrrole nitrogens is 1. The van der Waals surface area contributed by atoms with E-state index in [2.05, 4.69) is 61.9 Å². The highest BCUT2D eigenvalue weighted by Gasteiger charge is 2.18. The van der Waals surface area contributed by atoms with Crippen molar-refractivity contribution < 1.29 is 0 Å². The molecule has 0 fully saturated rings. The van der Waals surface area contributed by atoms with Gasteiger partial charge < -0.3 is 4.98 Å². The Kier molecular flexibility index (Phi) is 4.12. The molecule has 0 atom stereocenters. The fraction of sp³-hybridized carbons (Fsp3) is 0.400. The Hall–Kier alpha value is -1.94. The van der Waals surface area contributed by atoms with E-state index in [1.807, 2.05) is 13.8 Å². The van der Waals surface area contributed by atoms with Gasteiger partial charge in [0.25, 0.3) is 5.56 Å². The number of rotatable bonds is 2. The fourth-order valence-corrected chi connectivity index (χ4v) is 3.95. The molecular formula is C20H24N2OS. The second-order valence-corrected chi connectivity index (χ2v) is 8.85. The number of nitrogens with zero attached hydrogens (tertiary/aromatic N) is 1. The molecule has 0 radical (unpaired) electrons. The Bertz CT molecular complexity index is 941. The molecule has 1 N–H and O–H groups in total. The molecule has 3 rings (SSSR count). The first-order chi connectivity index (χ1) is 11.2. The average molecular weight is 340 g/mol. The number of fused-ring (bicyclic) bond motifs is 1. The van der Waals surface area contributed by atoms with Gasteiger partial charge in [0.2, 0.25) is 0 Å². The minimum absolute atomic E-state index is 0.0389. The average Bonchev–Trinajstić information content (AvgIpc) is 2.83. The standard InChI is InChI=1S/C20H24N2OS/c1-11(2)17-21-18(23)16-15(12(3)24-19(16)22-17)13-7-9-14(10-8-13)20(4,5)6/h7-11H,1-6H3,(H,21,22,23). The van der Waals surface area contributed by atoms with Crippen LogP contribution in [0.1, 0.15) is 56.8 Å². The highest BCUT2D eigenvalue weighted by molar-refractivity contribution is 7.19. The zero-order valence-electron chi connectivity index (χ0n) is 15.2. The highest BCUT2D eigenvalue weighted by atomic mass is 32.1. The van der Waals surface area contributed by atoms with Crippen LogP contribution in [0.5, 0.6) is 0 Å². The predicted molar refractivity (Wildman–Crippen MR) is 103 cm³/mol. The third-order valence-electron chi connectivity index (χ3n) is 4.34. The molecule has 0 saturated heterocycles. The molecule has 0 bridgehead atoms.